The minimum absolute atomic E-state index is 0.0409. The molecule has 6 heteroatoms. The number of rotatable bonds is 4. The van der Waals surface area contributed by atoms with Crippen LogP contribution in [0.3, 0.4) is 0 Å². The number of oxime groups is 1. The maximum absolute atomic E-state index is 12.3. The molecule has 3 rings (SSSR count). The van der Waals surface area contributed by atoms with E-state index in [1.807, 2.05) is 26.8 Å². The van der Waals surface area contributed by atoms with E-state index in [2.05, 4.69) is 18.0 Å². The molecule has 3 atom stereocenters. The molecule has 0 aromatic heterocycles. The van der Waals surface area contributed by atoms with Gasteiger partial charge in [0.1, 0.15) is 0 Å². The molecule has 2 aliphatic rings. The van der Waals surface area contributed by atoms with E-state index in [0.29, 0.717) is 28.6 Å². The Hall–Kier alpha value is -1.70. The largest absolute Gasteiger partial charge is 0.481 e. The van der Waals surface area contributed by atoms with Crippen LogP contribution < -0.4 is 0 Å². The van der Waals surface area contributed by atoms with Gasteiger partial charge in [-0.05, 0) is 60.6 Å². The van der Waals surface area contributed by atoms with Gasteiger partial charge in [-0.1, -0.05) is 61.5 Å². The summed E-state index contributed by atoms with van der Waals surface area (Å²) in [7, 11) is 0. The van der Waals surface area contributed by atoms with Gasteiger partial charge in [0.2, 0.25) is 0 Å². The van der Waals surface area contributed by atoms with E-state index in [0.717, 1.165) is 29.5 Å². The van der Waals surface area contributed by atoms with Gasteiger partial charge < -0.3 is 9.94 Å². The van der Waals surface area contributed by atoms with Crippen molar-refractivity contribution in [2.45, 2.75) is 64.7 Å². The zero-order chi connectivity index (χ0) is 21.6. The number of terminal acetylenes is 1. The maximum Gasteiger partial charge on any atom is 0.309 e. The summed E-state index contributed by atoms with van der Waals surface area (Å²) in [6.45, 7) is 8.10. The van der Waals surface area contributed by atoms with E-state index < -0.39 is 11.4 Å². The second kappa shape index (κ2) is 7.85. The molecule has 0 saturated heterocycles. The fourth-order valence-electron chi connectivity index (χ4n) is 5.33. The Balaban J connectivity index is 2.30. The number of carboxylic acid groups (broad SMARTS) is 1. The van der Waals surface area contributed by atoms with E-state index in [9.17, 15) is 9.90 Å². The summed E-state index contributed by atoms with van der Waals surface area (Å²) < 4.78 is 0. The fourth-order valence-corrected chi connectivity index (χ4v) is 6.33. The molecular formula is C23H27Cl2NO3. The molecule has 1 aromatic carbocycles. The van der Waals surface area contributed by atoms with Crippen LogP contribution in [-0.2, 0) is 15.0 Å². The van der Waals surface area contributed by atoms with Crippen molar-refractivity contribution in [3.05, 3.63) is 32.8 Å². The van der Waals surface area contributed by atoms with E-state index >= 15 is 0 Å². The van der Waals surface area contributed by atoms with Crippen molar-refractivity contribution in [1.82, 2.24) is 0 Å². The molecular weight excluding hydrogens is 409 g/mol. The summed E-state index contributed by atoms with van der Waals surface area (Å²) >= 11 is 13.5. The minimum Gasteiger partial charge on any atom is -0.481 e. The average molecular weight is 436 g/mol. The summed E-state index contributed by atoms with van der Waals surface area (Å²) in [5, 5.41) is 15.6. The van der Waals surface area contributed by atoms with Crippen LogP contribution in [0.4, 0.5) is 0 Å². The van der Waals surface area contributed by atoms with Crippen LogP contribution in [0.5, 0.6) is 0 Å². The number of hydrogen-bond acceptors (Lipinski definition) is 3. The van der Waals surface area contributed by atoms with Gasteiger partial charge in [0.15, 0.2) is 6.61 Å². The molecule has 0 aliphatic heterocycles. The molecule has 1 aromatic rings. The van der Waals surface area contributed by atoms with Gasteiger partial charge in [-0.15, -0.1) is 6.42 Å². The highest BCUT2D eigenvalue weighted by atomic mass is 35.5. The maximum atomic E-state index is 12.3. The first-order chi connectivity index (χ1) is 13.6. The molecule has 0 radical (unpaired) electrons. The van der Waals surface area contributed by atoms with Crippen molar-refractivity contribution in [3.8, 4) is 12.3 Å². The SMILES string of the molecule is C#CCO/N=C1\C[C@H]2[C@](C)(C(=O)O)CCC[C@]2(C)c2cc(Cl)c(C(C)C)c(Cl)c21. The Kier molecular flexibility index (Phi) is 5.96. The van der Waals surface area contributed by atoms with E-state index in [1.54, 1.807) is 0 Å². The summed E-state index contributed by atoms with van der Waals surface area (Å²) in [6.07, 6.45) is 8.10. The monoisotopic (exact) mass is 435 g/mol. The Labute approximate surface area is 182 Å². The van der Waals surface area contributed by atoms with Gasteiger partial charge in [0, 0.05) is 10.6 Å². The molecule has 0 bridgehead atoms. The molecule has 0 amide bonds. The lowest BCUT2D eigenvalue weighted by molar-refractivity contribution is -0.156. The number of nitrogens with zero attached hydrogens (tertiary/aromatic N) is 1. The Morgan fingerprint density at radius 1 is 1.41 bits per heavy atom. The van der Waals surface area contributed by atoms with Crippen molar-refractivity contribution >= 4 is 34.9 Å². The average Bonchev–Trinajstić information content (AvgIpc) is 2.62. The first-order valence-electron chi connectivity index (χ1n) is 9.96. The summed E-state index contributed by atoms with van der Waals surface area (Å²) in [5.41, 5.74) is 2.07. The van der Waals surface area contributed by atoms with Gasteiger partial charge >= 0.3 is 5.97 Å². The first kappa shape index (κ1) is 22.0. The first-order valence-corrected chi connectivity index (χ1v) is 10.7. The molecule has 0 spiro atoms. The summed E-state index contributed by atoms with van der Waals surface area (Å²) in [4.78, 5) is 17.6. The zero-order valence-corrected chi connectivity index (χ0v) is 18.8. The van der Waals surface area contributed by atoms with E-state index in [-0.39, 0.29) is 23.9 Å². The highest BCUT2D eigenvalue weighted by Gasteiger charge is 2.57. The summed E-state index contributed by atoms with van der Waals surface area (Å²) in [6, 6.07) is 1.97. The smallest absolute Gasteiger partial charge is 0.309 e. The van der Waals surface area contributed by atoms with Crippen molar-refractivity contribution in [2.75, 3.05) is 6.61 Å². The molecule has 2 aliphatic carbocycles. The molecule has 29 heavy (non-hydrogen) atoms. The predicted octanol–water partition coefficient (Wildman–Crippen LogP) is 6.02. The Morgan fingerprint density at radius 2 is 2.10 bits per heavy atom. The molecule has 156 valence electrons. The minimum atomic E-state index is -0.868. The van der Waals surface area contributed by atoms with Crippen LogP contribution >= 0.6 is 23.2 Å². The molecule has 4 nitrogen and oxygen atoms in total. The van der Waals surface area contributed by atoms with Crippen LogP contribution in [0.25, 0.3) is 0 Å². The lowest BCUT2D eigenvalue weighted by Crippen LogP contribution is -2.53. The Bertz CT molecular complexity index is 918. The Morgan fingerprint density at radius 3 is 2.69 bits per heavy atom. The van der Waals surface area contributed by atoms with Gasteiger partial charge in [-0.2, -0.15) is 0 Å². The second-order valence-electron chi connectivity index (χ2n) is 8.93. The van der Waals surface area contributed by atoms with Gasteiger partial charge in [0.25, 0.3) is 0 Å². The second-order valence-corrected chi connectivity index (χ2v) is 9.71. The number of carboxylic acids is 1. The highest BCUT2D eigenvalue weighted by Crippen LogP contribution is 2.59. The van der Waals surface area contributed by atoms with Crippen molar-refractivity contribution in [3.63, 3.8) is 0 Å². The van der Waals surface area contributed by atoms with Crippen LogP contribution in [-0.4, -0.2) is 23.4 Å². The number of aliphatic carboxylic acids is 1. The van der Waals surface area contributed by atoms with Crippen LogP contribution in [0.15, 0.2) is 11.2 Å². The van der Waals surface area contributed by atoms with Crippen LogP contribution in [0.1, 0.15) is 76.0 Å². The normalized spacial score (nSPS) is 29.9. The number of carbonyl (C=O) groups is 1. The molecule has 0 heterocycles. The number of fused-ring (bicyclic) bond motifs is 3. The van der Waals surface area contributed by atoms with E-state index in [1.165, 1.54) is 0 Å². The van der Waals surface area contributed by atoms with Gasteiger partial charge in [0.05, 0.1) is 16.1 Å². The lowest BCUT2D eigenvalue weighted by Gasteiger charge is -2.53. The third kappa shape index (κ3) is 3.43. The van der Waals surface area contributed by atoms with Crippen molar-refractivity contribution in [1.29, 1.82) is 0 Å². The van der Waals surface area contributed by atoms with E-state index in [4.69, 9.17) is 34.5 Å². The predicted molar refractivity (Wildman–Crippen MR) is 117 cm³/mol. The number of hydrogen-bond donors (Lipinski definition) is 1. The lowest BCUT2D eigenvalue weighted by atomic mass is 9.49. The molecule has 0 unspecified atom stereocenters. The fraction of sp³-hybridized carbons (Fsp3) is 0.565. The number of benzene rings is 1. The molecule has 1 N–H and O–H groups in total. The summed E-state index contributed by atoms with van der Waals surface area (Å²) in [5.74, 6) is 1.60. The van der Waals surface area contributed by atoms with Crippen molar-refractivity contribution in [2.24, 2.45) is 16.5 Å². The zero-order valence-electron chi connectivity index (χ0n) is 17.3. The number of halogens is 2. The third-order valence-corrected chi connectivity index (χ3v) is 7.58. The standard InChI is InChI=1S/C23H27Cl2NO3/c1-6-10-29-26-16-12-17-22(4,8-7-9-23(17,5)21(27)28)14-11-15(24)18(13(2)3)20(25)19(14)16/h1,11,13,17H,7-10,12H2,2-5H3,(H,27,28)/b26-16+/t17-,22-,23-/m1/s1. The molecule has 1 fully saturated rings. The molecule has 1 saturated carbocycles. The van der Waals surface area contributed by atoms with Gasteiger partial charge in [-0.3, -0.25) is 4.79 Å². The van der Waals surface area contributed by atoms with Crippen LogP contribution in [0.2, 0.25) is 10.0 Å². The highest BCUT2D eigenvalue weighted by molar-refractivity contribution is 6.39. The quantitative estimate of drug-likeness (QED) is 0.357. The topological polar surface area (TPSA) is 58.9 Å². The van der Waals surface area contributed by atoms with Crippen LogP contribution in [0, 0.1) is 23.7 Å². The third-order valence-electron chi connectivity index (χ3n) is 6.87. The van der Waals surface area contributed by atoms with Crippen molar-refractivity contribution < 1.29 is 14.7 Å². The van der Waals surface area contributed by atoms with Gasteiger partial charge in [-0.25, -0.2) is 0 Å².